The van der Waals surface area contributed by atoms with Gasteiger partial charge in [0.05, 0.1) is 5.50 Å². The molecule has 0 N–H and O–H groups in total. The van der Waals surface area contributed by atoms with Crippen LogP contribution in [0.1, 0.15) is 31.0 Å². The summed E-state index contributed by atoms with van der Waals surface area (Å²) in [4.78, 5) is 2.38. The molecule has 2 rings (SSSR count). The van der Waals surface area contributed by atoms with Crippen LogP contribution in [0.2, 0.25) is 0 Å². The molecule has 0 aliphatic carbocycles. The van der Waals surface area contributed by atoms with Crippen LogP contribution >= 0.6 is 11.6 Å². The smallest absolute Gasteiger partial charge is 0.0850 e. The summed E-state index contributed by atoms with van der Waals surface area (Å²) in [5, 5.41) is 0. The SMILES string of the molecule is CCC(Cl)N1CCCc2c(ccn2C)C1. The Hall–Kier alpha value is -0.470. The van der Waals surface area contributed by atoms with Gasteiger partial charge in [-0.15, -0.1) is 11.6 Å². The molecule has 0 radical (unpaired) electrons. The van der Waals surface area contributed by atoms with E-state index in [9.17, 15) is 0 Å². The van der Waals surface area contributed by atoms with Crippen molar-refractivity contribution in [3.05, 3.63) is 23.5 Å². The van der Waals surface area contributed by atoms with Crippen LogP contribution in [0.25, 0.3) is 0 Å². The maximum atomic E-state index is 6.31. The fourth-order valence-corrected chi connectivity index (χ4v) is 2.51. The topological polar surface area (TPSA) is 8.17 Å². The largest absolute Gasteiger partial charge is 0.354 e. The molecule has 0 aromatic carbocycles. The fourth-order valence-electron chi connectivity index (χ4n) is 2.34. The van der Waals surface area contributed by atoms with Crippen molar-refractivity contribution in [3.8, 4) is 0 Å². The van der Waals surface area contributed by atoms with E-state index in [2.05, 4.69) is 35.7 Å². The molecule has 0 bridgehead atoms. The molecule has 1 unspecified atom stereocenters. The molecule has 2 nitrogen and oxygen atoms in total. The third kappa shape index (κ3) is 2.21. The van der Waals surface area contributed by atoms with Crippen LogP contribution in [-0.4, -0.2) is 21.5 Å². The summed E-state index contributed by atoms with van der Waals surface area (Å²) in [6.07, 6.45) is 5.57. The molecule has 2 heterocycles. The Morgan fingerprint density at radius 2 is 2.33 bits per heavy atom. The Morgan fingerprint density at radius 3 is 3.07 bits per heavy atom. The van der Waals surface area contributed by atoms with Crippen molar-refractivity contribution < 1.29 is 0 Å². The van der Waals surface area contributed by atoms with Crippen LogP contribution in [0.3, 0.4) is 0 Å². The number of nitrogens with zero attached hydrogens (tertiary/aromatic N) is 2. The standard InChI is InChI=1S/C12H19ClN2/c1-3-12(13)15-7-4-5-11-10(9-15)6-8-14(11)2/h6,8,12H,3-5,7,9H2,1-2H3. The molecular formula is C12H19ClN2. The molecule has 0 saturated carbocycles. The number of hydrogen-bond acceptors (Lipinski definition) is 1. The van der Waals surface area contributed by atoms with Gasteiger partial charge >= 0.3 is 0 Å². The van der Waals surface area contributed by atoms with Crippen LogP contribution in [-0.2, 0) is 20.0 Å². The lowest BCUT2D eigenvalue weighted by atomic mass is 10.2. The van der Waals surface area contributed by atoms with Crippen LogP contribution in [0.5, 0.6) is 0 Å². The Labute approximate surface area is 96.8 Å². The number of hydrogen-bond donors (Lipinski definition) is 0. The third-order valence-electron chi connectivity index (χ3n) is 3.26. The van der Waals surface area contributed by atoms with E-state index in [4.69, 9.17) is 11.6 Å². The van der Waals surface area contributed by atoms with E-state index in [0.717, 1.165) is 19.5 Å². The number of aryl methyl sites for hydroxylation is 1. The van der Waals surface area contributed by atoms with Gasteiger partial charge in [0.15, 0.2) is 0 Å². The zero-order valence-corrected chi connectivity index (χ0v) is 10.3. The van der Waals surface area contributed by atoms with Crippen molar-refractivity contribution in [2.24, 2.45) is 7.05 Å². The van der Waals surface area contributed by atoms with Crippen LogP contribution in [0, 0.1) is 0 Å². The van der Waals surface area contributed by atoms with E-state index in [1.807, 2.05) is 0 Å². The molecular weight excluding hydrogens is 208 g/mol. The fraction of sp³-hybridized carbons (Fsp3) is 0.667. The lowest BCUT2D eigenvalue weighted by Crippen LogP contribution is -2.30. The molecule has 3 heteroatoms. The molecule has 84 valence electrons. The second kappa shape index (κ2) is 4.58. The summed E-state index contributed by atoms with van der Waals surface area (Å²) in [6, 6.07) is 2.23. The van der Waals surface area contributed by atoms with Gasteiger partial charge in [-0.1, -0.05) is 6.92 Å². The first-order valence-corrected chi connectivity index (χ1v) is 6.17. The van der Waals surface area contributed by atoms with Gasteiger partial charge in [-0.2, -0.15) is 0 Å². The van der Waals surface area contributed by atoms with E-state index >= 15 is 0 Å². The van der Waals surface area contributed by atoms with Crippen molar-refractivity contribution in [1.82, 2.24) is 9.47 Å². The van der Waals surface area contributed by atoms with Crippen molar-refractivity contribution in [2.45, 2.75) is 38.2 Å². The Morgan fingerprint density at radius 1 is 1.53 bits per heavy atom. The van der Waals surface area contributed by atoms with Crippen molar-refractivity contribution in [3.63, 3.8) is 0 Å². The second-order valence-corrected chi connectivity index (χ2v) is 4.82. The van der Waals surface area contributed by atoms with E-state index in [0.29, 0.717) is 0 Å². The first-order valence-electron chi connectivity index (χ1n) is 5.73. The van der Waals surface area contributed by atoms with Crippen molar-refractivity contribution >= 4 is 11.6 Å². The minimum atomic E-state index is 0.191. The highest BCUT2D eigenvalue weighted by molar-refractivity contribution is 6.20. The average molecular weight is 227 g/mol. The number of alkyl halides is 1. The lowest BCUT2D eigenvalue weighted by molar-refractivity contribution is 0.242. The van der Waals surface area contributed by atoms with Gasteiger partial charge in [0.2, 0.25) is 0 Å². The van der Waals surface area contributed by atoms with Crippen LogP contribution in [0.15, 0.2) is 12.3 Å². The molecule has 1 aliphatic rings. The first kappa shape index (κ1) is 11.0. The highest BCUT2D eigenvalue weighted by Gasteiger charge is 2.20. The Balaban J connectivity index is 2.17. The molecule has 0 amide bonds. The maximum Gasteiger partial charge on any atom is 0.0850 e. The molecule has 0 spiro atoms. The minimum Gasteiger partial charge on any atom is -0.354 e. The molecule has 1 aliphatic heterocycles. The summed E-state index contributed by atoms with van der Waals surface area (Å²) < 4.78 is 2.24. The normalized spacial score (nSPS) is 19.7. The van der Waals surface area contributed by atoms with Gasteiger partial charge in [-0.3, -0.25) is 4.90 Å². The number of halogens is 1. The third-order valence-corrected chi connectivity index (χ3v) is 3.85. The molecule has 1 aromatic heterocycles. The van der Waals surface area contributed by atoms with Crippen molar-refractivity contribution in [1.29, 1.82) is 0 Å². The highest BCUT2D eigenvalue weighted by atomic mass is 35.5. The zero-order chi connectivity index (χ0) is 10.8. The Kier molecular flexibility index (Phi) is 3.37. The van der Waals surface area contributed by atoms with Gasteiger partial charge in [-0.25, -0.2) is 0 Å². The van der Waals surface area contributed by atoms with E-state index in [1.165, 1.54) is 24.1 Å². The van der Waals surface area contributed by atoms with E-state index < -0.39 is 0 Å². The van der Waals surface area contributed by atoms with Gasteiger partial charge in [0.25, 0.3) is 0 Å². The highest BCUT2D eigenvalue weighted by Crippen LogP contribution is 2.22. The number of aromatic nitrogens is 1. The minimum absolute atomic E-state index is 0.191. The molecule has 1 aromatic rings. The predicted molar refractivity (Wildman–Crippen MR) is 64.1 cm³/mol. The molecule has 0 fully saturated rings. The summed E-state index contributed by atoms with van der Waals surface area (Å²) in [5.74, 6) is 0. The van der Waals surface area contributed by atoms with Gasteiger partial charge < -0.3 is 4.57 Å². The predicted octanol–water partition coefficient (Wildman–Crippen LogP) is 2.75. The van der Waals surface area contributed by atoms with Gasteiger partial charge in [0.1, 0.15) is 0 Å². The van der Waals surface area contributed by atoms with Crippen LogP contribution < -0.4 is 0 Å². The first-order chi connectivity index (χ1) is 7.22. The lowest BCUT2D eigenvalue weighted by Gasteiger charge is -2.24. The second-order valence-electron chi connectivity index (χ2n) is 4.32. The molecule has 15 heavy (non-hydrogen) atoms. The monoisotopic (exact) mass is 226 g/mol. The maximum absolute atomic E-state index is 6.31. The summed E-state index contributed by atoms with van der Waals surface area (Å²) in [6.45, 7) is 4.28. The molecule has 0 saturated heterocycles. The van der Waals surface area contributed by atoms with Gasteiger partial charge in [-0.05, 0) is 30.9 Å². The quantitative estimate of drug-likeness (QED) is 0.556. The summed E-state index contributed by atoms with van der Waals surface area (Å²) >= 11 is 6.31. The number of fused-ring (bicyclic) bond motifs is 1. The summed E-state index contributed by atoms with van der Waals surface area (Å²) in [7, 11) is 2.13. The Bertz CT molecular complexity index is 332. The number of rotatable bonds is 2. The van der Waals surface area contributed by atoms with Crippen molar-refractivity contribution in [2.75, 3.05) is 6.54 Å². The van der Waals surface area contributed by atoms with Gasteiger partial charge in [0, 0.05) is 32.0 Å². The van der Waals surface area contributed by atoms with E-state index in [-0.39, 0.29) is 5.50 Å². The van der Waals surface area contributed by atoms with Crippen LogP contribution in [0.4, 0.5) is 0 Å². The average Bonchev–Trinajstić information content (AvgIpc) is 2.50. The zero-order valence-electron chi connectivity index (χ0n) is 9.54. The van der Waals surface area contributed by atoms with E-state index in [1.54, 1.807) is 0 Å². The summed E-state index contributed by atoms with van der Waals surface area (Å²) in [5.41, 5.74) is 3.13. The molecule has 1 atom stereocenters.